The number of aliphatic hydroxyl groups is 1. The van der Waals surface area contributed by atoms with Gasteiger partial charge in [0, 0.05) is 30.6 Å². The van der Waals surface area contributed by atoms with Crippen molar-refractivity contribution in [2.75, 3.05) is 13.1 Å². The maximum Gasteiger partial charge on any atom is 0.0829 e. The normalized spacial score (nSPS) is 28.1. The predicted octanol–water partition coefficient (Wildman–Crippen LogP) is 0.170. The largest absolute Gasteiger partial charge is 0.390 e. The summed E-state index contributed by atoms with van der Waals surface area (Å²) in [5, 5.41) is 18.0. The summed E-state index contributed by atoms with van der Waals surface area (Å²) < 4.78 is 0. The first-order chi connectivity index (χ1) is 6.36. The number of rotatable bonds is 3. The molecule has 1 aromatic rings. The molecule has 3 N–H and O–H groups in total. The van der Waals surface area contributed by atoms with Gasteiger partial charge in [-0.25, -0.2) is 0 Å². The predicted molar refractivity (Wildman–Crippen MR) is 53.8 cm³/mol. The second kappa shape index (κ2) is 4.19. The van der Waals surface area contributed by atoms with E-state index in [4.69, 9.17) is 0 Å². The summed E-state index contributed by atoms with van der Waals surface area (Å²) >= 11 is 1.74. The van der Waals surface area contributed by atoms with Crippen LogP contribution in [0.3, 0.4) is 0 Å². The fourth-order valence-corrected chi connectivity index (χ4v) is 2.17. The van der Waals surface area contributed by atoms with Gasteiger partial charge < -0.3 is 15.7 Å². The van der Waals surface area contributed by atoms with Crippen molar-refractivity contribution in [1.29, 1.82) is 0 Å². The van der Waals surface area contributed by atoms with Crippen molar-refractivity contribution >= 4 is 11.3 Å². The monoisotopic (exact) mass is 198 g/mol. The van der Waals surface area contributed by atoms with Crippen molar-refractivity contribution in [3.8, 4) is 0 Å². The minimum absolute atomic E-state index is 0.210. The van der Waals surface area contributed by atoms with Crippen molar-refractivity contribution < 1.29 is 5.11 Å². The fraction of sp³-hybridized carbons (Fsp3) is 0.556. The molecule has 2 rings (SSSR count). The molecule has 1 aliphatic heterocycles. The molecule has 72 valence electrons. The van der Waals surface area contributed by atoms with Gasteiger partial charge in [0.15, 0.2) is 0 Å². The molecule has 1 fully saturated rings. The number of aliphatic hydroxyl groups excluding tert-OH is 1. The number of β-amino-alcohol motifs (C(OH)–C–C–N with tert-alkyl or cyclic N) is 1. The lowest BCUT2D eigenvalue weighted by Crippen LogP contribution is -2.38. The lowest BCUT2D eigenvalue weighted by molar-refractivity contribution is 0.163. The summed E-state index contributed by atoms with van der Waals surface area (Å²) in [4.78, 5) is 1.32. The number of hydrogen-bond donors (Lipinski definition) is 3. The van der Waals surface area contributed by atoms with Crippen molar-refractivity contribution in [3.05, 3.63) is 22.4 Å². The minimum atomic E-state index is -0.236. The molecule has 0 aromatic carbocycles. The third-order valence-electron chi connectivity index (χ3n) is 2.30. The van der Waals surface area contributed by atoms with E-state index in [0.29, 0.717) is 6.54 Å². The van der Waals surface area contributed by atoms with Crippen LogP contribution in [-0.2, 0) is 6.54 Å². The van der Waals surface area contributed by atoms with Gasteiger partial charge in [-0.3, -0.25) is 0 Å². The van der Waals surface area contributed by atoms with Crippen LogP contribution in [0.25, 0.3) is 0 Å². The van der Waals surface area contributed by atoms with E-state index in [2.05, 4.69) is 22.1 Å². The molecule has 4 heteroatoms. The third kappa shape index (κ3) is 2.28. The topological polar surface area (TPSA) is 44.3 Å². The highest BCUT2D eigenvalue weighted by Crippen LogP contribution is 2.09. The standard InChI is InChI=1S/C9H14N2OS/c12-9-6-10-5-8(9)11-4-7-2-1-3-13-7/h1-3,8-12H,4-6H2/t8-,9-/m1/s1. The Balaban J connectivity index is 1.79. The molecule has 0 amide bonds. The van der Waals surface area contributed by atoms with Crippen LogP contribution in [0.5, 0.6) is 0 Å². The van der Waals surface area contributed by atoms with E-state index in [1.165, 1.54) is 4.88 Å². The van der Waals surface area contributed by atoms with Crippen molar-refractivity contribution in [3.63, 3.8) is 0 Å². The Hall–Kier alpha value is -0.420. The van der Waals surface area contributed by atoms with Crippen LogP contribution in [0.15, 0.2) is 17.5 Å². The zero-order valence-electron chi connectivity index (χ0n) is 7.36. The summed E-state index contributed by atoms with van der Waals surface area (Å²) in [7, 11) is 0. The molecule has 0 aliphatic carbocycles. The summed E-state index contributed by atoms with van der Waals surface area (Å²) in [6, 6.07) is 4.36. The Morgan fingerprint density at radius 1 is 1.62 bits per heavy atom. The van der Waals surface area contributed by atoms with E-state index in [1.807, 2.05) is 6.07 Å². The van der Waals surface area contributed by atoms with Gasteiger partial charge in [0.05, 0.1) is 6.10 Å². The lowest BCUT2D eigenvalue weighted by Gasteiger charge is -2.14. The molecular formula is C9H14N2OS. The SMILES string of the molecule is O[C@@H]1CNC[C@H]1NCc1cccs1. The van der Waals surface area contributed by atoms with Gasteiger partial charge in [0.1, 0.15) is 0 Å². The molecule has 2 heterocycles. The second-order valence-corrected chi connectivity index (χ2v) is 4.32. The molecule has 1 aliphatic rings. The highest BCUT2D eigenvalue weighted by atomic mass is 32.1. The van der Waals surface area contributed by atoms with Gasteiger partial charge in [0.25, 0.3) is 0 Å². The minimum Gasteiger partial charge on any atom is -0.390 e. The van der Waals surface area contributed by atoms with Crippen molar-refractivity contribution in [2.24, 2.45) is 0 Å². The van der Waals surface area contributed by atoms with Gasteiger partial charge in [-0.1, -0.05) is 6.07 Å². The summed E-state index contributed by atoms with van der Waals surface area (Å²) in [6.07, 6.45) is -0.236. The van der Waals surface area contributed by atoms with Crippen LogP contribution in [0, 0.1) is 0 Å². The Labute approximate surface area is 81.8 Å². The van der Waals surface area contributed by atoms with Gasteiger partial charge in [-0.2, -0.15) is 0 Å². The van der Waals surface area contributed by atoms with Gasteiger partial charge in [-0.05, 0) is 11.4 Å². The van der Waals surface area contributed by atoms with Gasteiger partial charge in [-0.15, -0.1) is 11.3 Å². The number of thiophene rings is 1. The number of nitrogens with one attached hydrogen (secondary N) is 2. The van der Waals surface area contributed by atoms with E-state index < -0.39 is 0 Å². The first-order valence-corrected chi connectivity index (χ1v) is 5.39. The first kappa shape index (κ1) is 9.15. The average Bonchev–Trinajstić information content (AvgIpc) is 2.72. The molecule has 2 atom stereocenters. The van der Waals surface area contributed by atoms with Crippen LogP contribution >= 0.6 is 11.3 Å². The zero-order chi connectivity index (χ0) is 9.10. The number of hydrogen-bond acceptors (Lipinski definition) is 4. The zero-order valence-corrected chi connectivity index (χ0v) is 8.18. The molecular weight excluding hydrogens is 184 g/mol. The molecule has 0 radical (unpaired) electrons. The van der Waals surface area contributed by atoms with Crippen molar-refractivity contribution in [1.82, 2.24) is 10.6 Å². The Morgan fingerprint density at radius 3 is 3.15 bits per heavy atom. The summed E-state index contributed by atoms with van der Waals surface area (Å²) in [5.41, 5.74) is 0. The van der Waals surface area contributed by atoms with E-state index in [-0.39, 0.29) is 12.1 Å². The molecule has 1 aromatic heterocycles. The maximum atomic E-state index is 9.50. The Bertz CT molecular complexity index is 250. The average molecular weight is 198 g/mol. The third-order valence-corrected chi connectivity index (χ3v) is 3.18. The fourth-order valence-electron chi connectivity index (χ4n) is 1.52. The van der Waals surface area contributed by atoms with Crippen LogP contribution in [0.2, 0.25) is 0 Å². The van der Waals surface area contributed by atoms with Crippen molar-refractivity contribution in [2.45, 2.75) is 18.7 Å². The quantitative estimate of drug-likeness (QED) is 0.649. The van der Waals surface area contributed by atoms with E-state index in [1.54, 1.807) is 11.3 Å². The second-order valence-electron chi connectivity index (χ2n) is 3.29. The lowest BCUT2D eigenvalue weighted by atomic mass is 10.2. The van der Waals surface area contributed by atoms with Crippen LogP contribution in [0.1, 0.15) is 4.88 Å². The summed E-state index contributed by atoms with van der Waals surface area (Å²) in [5.74, 6) is 0. The molecule has 1 saturated heterocycles. The molecule has 3 nitrogen and oxygen atoms in total. The van der Waals surface area contributed by atoms with Crippen LogP contribution < -0.4 is 10.6 Å². The highest BCUT2D eigenvalue weighted by Gasteiger charge is 2.23. The first-order valence-electron chi connectivity index (χ1n) is 4.51. The molecule has 0 spiro atoms. The van der Waals surface area contributed by atoms with Crippen LogP contribution in [-0.4, -0.2) is 30.3 Å². The van der Waals surface area contributed by atoms with E-state index in [0.717, 1.165) is 13.1 Å². The van der Waals surface area contributed by atoms with E-state index in [9.17, 15) is 5.11 Å². The van der Waals surface area contributed by atoms with Gasteiger partial charge >= 0.3 is 0 Å². The smallest absolute Gasteiger partial charge is 0.0829 e. The Morgan fingerprint density at radius 2 is 2.54 bits per heavy atom. The Kier molecular flexibility index (Phi) is 2.95. The molecule has 0 bridgehead atoms. The summed E-state index contributed by atoms with van der Waals surface area (Å²) in [6.45, 7) is 2.44. The van der Waals surface area contributed by atoms with Crippen LogP contribution in [0.4, 0.5) is 0 Å². The van der Waals surface area contributed by atoms with Gasteiger partial charge in [0.2, 0.25) is 0 Å². The molecule has 0 unspecified atom stereocenters. The maximum absolute atomic E-state index is 9.50. The molecule has 13 heavy (non-hydrogen) atoms. The molecule has 0 saturated carbocycles. The van der Waals surface area contributed by atoms with E-state index >= 15 is 0 Å². The highest BCUT2D eigenvalue weighted by molar-refractivity contribution is 7.09.